The van der Waals surface area contributed by atoms with Gasteiger partial charge in [-0.2, -0.15) is 5.26 Å². The van der Waals surface area contributed by atoms with Crippen molar-refractivity contribution in [2.24, 2.45) is 0 Å². The first kappa shape index (κ1) is 14.6. The SMILES string of the molecule is N#Cc1cccc(C2CCCc3nc(-c4ccccn4)oc3C2)c1. The van der Waals surface area contributed by atoms with Crippen LogP contribution in [0.5, 0.6) is 0 Å². The van der Waals surface area contributed by atoms with Crippen molar-refractivity contribution in [1.29, 1.82) is 5.26 Å². The normalized spacial score (nSPS) is 16.9. The van der Waals surface area contributed by atoms with Gasteiger partial charge in [0.05, 0.1) is 17.3 Å². The number of aryl methyl sites for hydroxylation is 1. The van der Waals surface area contributed by atoms with Gasteiger partial charge >= 0.3 is 0 Å². The number of nitrogens with zero attached hydrogens (tertiary/aromatic N) is 3. The summed E-state index contributed by atoms with van der Waals surface area (Å²) in [7, 11) is 0. The molecule has 1 aliphatic carbocycles. The van der Waals surface area contributed by atoms with E-state index in [1.165, 1.54) is 5.56 Å². The minimum atomic E-state index is 0.365. The van der Waals surface area contributed by atoms with E-state index in [0.29, 0.717) is 17.4 Å². The second-order valence-corrected chi connectivity index (χ2v) is 6.13. The van der Waals surface area contributed by atoms with Gasteiger partial charge in [0.1, 0.15) is 11.5 Å². The van der Waals surface area contributed by atoms with Gasteiger partial charge in [0.15, 0.2) is 0 Å². The molecule has 2 aromatic heterocycles. The zero-order chi connectivity index (χ0) is 16.4. The first-order valence-corrected chi connectivity index (χ1v) is 8.23. The second kappa shape index (κ2) is 6.29. The Kier molecular flexibility index (Phi) is 3.84. The molecule has 1 aliphatic rings. The van der Waals surface area contributed by atoms with Crippen molar-refractivity contribution in [2.45, 2.75) is 31.6 Å². The van der Waals surface area contributed by atoms with Gasteiger partial charge in [0.25, 0.3) is 0 Å². The highest BCUT2D eigenvalue weighted by Gasteiger charge is 2.24. The minimum Gasteiger partial charge on any atom is -0.440 e. The Bertz CT molecular complexity index is 893. The van der Waals surface area contributed by atoms with Crippen LogP contribution in [0.3, 0.4) is 0 Å². The monoisotopic (exact) mass is 315 g/mol. The van der Waals surface area contributed by atoms with Crippen molar-refractivity contribution in [3.05, 3.63) is 71.2 Å². The average Bonchev–Trinajstić information content (AvgIpc) is 2.94. The molecule has 4 rings (SSSR count). The van der Waals surface area contributed by atoms with E-state index in [1.807, 2.05) is 36.4 Å². The lowest BCUT2D eigenvalue weighted by Crippen LogP contribution is -2.01. The minimum absolute atomic E-state index is 0.365. The Balaban J connectivity index is 1.65. The Morgan fingerprint density at radius 1 is 1.17 bits per heavy atom. The standard InChI is InChI=1S/C20H17N3O/c21-13-14-5-3-6-15(11-14)16-7-4-9-17-19(12-16)24-20(23-17)18-8-1-2-10-22-18/h1-3,5-6,8,10-11,16H,4,7,9,12H2. The fourth-order valence-electron chi connectivity index (χ4n) is 3.33. The molecule has 1 atom stereocenters. The summed E-state index contributed by atoms with van der Waals surface area (Å²) >= 11 is 0. The van der Waals surface area contributed by atoms with Gasteiger partial charge in [-0.05, 0) is 55.0 Å². The number of nitriles is 1. The summed E-state index contributed by atoms with van der Waals surface area (Å²) < 4.78 is 6.04. The molecule has 0 amide bonds. The van der Waals surface area contributed by atoms with Gasteiger partial charge < -0.3 is 4.42 Å². The van der Waals surface area contributed by atoms with E-state index in [2.05, 4.69) is 22.1 Å². The van der Waals surface area contributed by atoms with Crippen molar-refractivity contribution in [3.8, 4) is 17.7 Å². The number of hydrogen-bond acceptors (Lipinski definition) is 4. The van der Waals surface area contributed by atoms with Gasteiger partial charge in [0, 0.05) is 12.6 Å². The first-order valence-electron chi connectivity index (χ1n) is 8.23. The number of pyridine rings is 1. The van der Waals surface area contributed by atoms with Crippen LogP contribution in [-0.2, 0) is 12.8 Å². The number of rotatable bonds is 2. The van der Waals surface area contributed by atoms with Gasteiger partial charge in [-0.15, -0.1) is 0 Å². The lowest BCUT2D eigenvalue weighted by molar-refractivity contribution is 0.487. The Morgan fingerprint density at radius 3 is 2.96 bits per heavy atom. The Hall–Kier alpha value is -2.93. The molecule has 4 heteroatoms. The molecule has 0 saturated carbocycles. The van der Waals surface area contributed by atoms with Crippen LogP contribution in [0.15, 0.2) is 53.1 Å². The number of benzene rings is 1. The van der Waals surface area contributed by atoms with Crippen molar-refractivity contribution < 1.29 is 4.42 Å². The van der Waals surface area contributed by atoms with Crippen LogP contribution >= 0.6 is 0 Å². The molecule has 4 nitrogen and oxygen atoms in total. The van der Waals surface area contributed by atoms with E-state index in [9.17, 15) is 0 Å². The van der Waals surface area contributed by atoms with E-state index in [4.69, 9.17) is 9.68 Å². The molecule has 0 bridgehead atoms. The predicted octanol–water partition coefficient (Wildman–Crippen LogP) is 4.27. The topological polar surface area (TPSA) is 62.7 Å². The fraction of sp³-hybridized carbons (Fsp3) is 0.250. The highest BCUT2D eigenvalue weighted by Crippen LogP contribution is 2.33. The van der Waals surface area contributed by atoms with Gasteiger partial charge in [-0.1, -0.05) is 18.2 Å². The van der Waals surface area contributed by atoms with Crippen LogP contribution in [0.1, 0.15) is 41.3 Å². The zero-order valence-corrected chi connectivity index (χ0v) is 13.3. The zero-order valence-electron chi connectivity index (χ0n) is 13.3. The largest absolute Gasteiger partial charge is 0.440 e. The molecule has 1 aromatic carbocycles. The van der Waals surface area contributed by atoms with Crippen LogP contribution in [0.4, 0.5) is 0 Å². The summed E-state index contributed by atoms with van der Waals surface area (Å²) in [6.45, 7) is 0. The molecule has 0 spiro atoms. The summed E-state index contributed by atoms with van der Waals surface area (Å²) in [5.41, 5.74) is 3.74. The smallest absolute Gasteiger partial charge is 0.245 e. The molecule has 2 heterocycles. The third kappa shape index (κ3) is 2.81. The number of oxazole rings is 1. The molecule has 3 aromatic rings. The molecule has 0 radical (unpaired) electrons. The first-order chi connectivity index (χ1) is 11.8. The number of aromatic nitrogens is 2. The van der Waals surface area contributed by atoms with Crippen LogP contribution < -0.4 is 0 Å². The summed E-state index contributed by atoms with van der Waals surface area (Å²) in [6, 6.07) is 15.9. The molecular formula is C20H17N3O. The summed E-state index contributed by atoms with van der Waals surface area (Å²) in [5, 5.41) is 9.12. The molecule has 0 aliphatic heterocycles. The van der Waals surface area contributed by atoms with Crippen molar-refractivity contribution in [1.82, 2.24) is 9.97 Å². The molecular weight excluding hydrogens is 298 g/mol. The van der Waals surface area contributed by atoms with E-state index in [0.717, 1.165) is 42.8 Å². The lowest BCUT2D eigenvalue weighted by Gasteiger charge is -2.14. The van der Waals surface area contributed by atoms with Crippen LogP contribution in [0, 0.1) is 11.3 Å². The third-order valence-electron chi connectivity index (χ3n) is 4.55. The van der Waals surface area contributed by atoms with E-state index < -0.39 is 0 Å². The van der Waals surface area contributed by atoms with Crippen molar-refractivity contribution in [2.75, 3.05) is 0 Å². The van der Waals surface area contributed by atoms with Crippen LogP contribution in [0.25, 0.3) is 11.6 Å². The summed E-state index contributed by atoms with van der Waals surface area (Å²) in [5.74, 6) is 1.93. The molecule has 0 saturated heterocycles. The highest BCUT2D eigenvalue weighted by molar-refractivity contribution is 5.47. The molecule has 1 unspecified atom stereocenters. The quantitative estimate of drug-likeness (QED) is 0.662. The molecule has 0 fully saturated rings. The van der Waals surface area contributed by atoms with Crippen molar-refractivity contribution >= 4 is 0 Å². The Morgan fingerprint density at radius 2 is 2.12 bits per heavy atom. The Labute approximate surface area is 140 Å². The van der Waals surface area contributed by atoms with Crippen LogP contribution in [-0.4, -0.2) is 9.97 Å². The maximum absolute atomic E-state index is 9.12. The number of hydrogen-bond donors (Lipinski definition) is 0. The van der Waals surface area contributed by atoms with E-state index >= 15 is 0 Å². The van der Waals surface area contributed by atoms with Gasteiger partial charge in [0.2, 0.25) is 5.89 Å². The average molecular weight is 315 g/mol. The highest BCUT2D eigenvalue weighted by atomic mass is 16.4. The molecule has 0 N–H and O–H groups in total. The predicted molar refractivity (Wildman–Crippen MR) is 90.3 cm³/mol. The molecule has 24 heavy (non-hydrogen) atoms. The van der Waals surface area contributed by atoms with E-state index in [-0.39, 0.29) is 0 Å². The van der Waals surface area contributed by atoms with E-state index in [1.54, 1.807) is 6.20 Å². The van der Waals surface area contributed by atoms with Gasteiger partial charge in [-0.3, -0.25) is 4.98 Å². The molecule has 118 valence electrons. The summed E-state index contributed by atoms with van der Waals surface area (Å²) in [6.07, 6.45) is 5.66. The van der Waals surface area contributed by atoms with Gasteiger partial charge in [-0.25, -0.2) is 4.98 Å². The second-order valence-electron chi connectivity index (χ2n) is 6.13. The lowest BCUT2D eigenvalue weighted by atomic mass is 9.91. The maximum Gasteiger partial charge on any atom is 0.245 e. The van der Waals surface area contributed by atoms with Crippen LogP contribution in [0.2, 0.25) is 0 Å². The third-order valence-corrected chi connectivity index (χ3v) is 4.55. The maximum atomic E-state index is 9.12. The van der Waals surface area contributed by atoms with Crippen molar-refractivity contribution in [3.63, 3.8) is 0 Å². The fourth-order valence-corrected chi connectivity index (χ4v) is 3.33. The number of fused-ring (bicyclic) bond motifs is 1. The summed E-state index contributed by atoms with van der Waals surface area (Å²) in [4.78, 5) is 8.98.